The van der Waals surface area contributed by atoms with Crippen LogP contribution in [0.1, 0.15) is 24.6 Å². The minimum atomic E-state index is 0.461. The lowest BCUT2D eigenvalue weighted by molar-refractivity contribution is 0.273. The van der Waals surface area contributed by atoms with E-state index in [1.807, 2.05) is 35.9 Å². The summed E-state index contributed by atoms with van der Waals surface area (Å²) in [5.41, 5.74) is 8.50. The van der Waals surface area contributed by atoms with Crippen LogP contribution in [0.5, 0.6) is 11.6 Å². The standard InChI is InChI=1S/C15H21N3O2/c1-4-9-18-15(14(16)11(2)17-18)20-10-12-5-7-13(19-3)8-6-12/h5-8H,4,9-10,16H2,1-3H3. The Morgan fingerprint density at radius 2 is 1.95 bits per heavy atom. The van der Waals surface area contributed by atoms with Crippen molar-refractivity contribution in [2.75, 3.05) is 12.8 Å². The van der Waals surface area contributed by atoms with Crippen LogP contribution in [0.4, 0.5) is 5.69 Å². The van der Waals surface area contributed by atoms with E-state index < -0.39 is 0 Å². The summed E-state index contributed by atoms with van der Waals surface area (Å²) < 4.78 is 12.8. The van der Waals surface area contributed by atoms with Crippen molar-refractivity contribution in [2.45, 2.75) is 33.4 Å². The fraction of sp³-hybridized carbons (Fsp3) is 0.400. The Labute approximate surface area is 119 Å². The van der Waals surface area contributed by atoms with Gasteiger partial charge < -0.3 is 15.2 Å². The Morgan fingerprint density at radius 1 is 1.25 bits per heavy atom. The molecule has 0 aliphatic rings. The third kappa shape index (κ3) is 3.04. The lowest BCUT2D eigenvalue weighted by Gasteiger charge is -2.10. The van der Waals surface area contributed by atoms with E-state index in [4.69, 9.17) is 15.2 Å². The van der Waals surface area contributed by atoms with Crippen LogP contribution in [0.25, 0.3) is 0 Å². The highest BCUT2D eigenvalue weighted by Gasteiger charge is 2.13. The molecule has 5 heteroatoms. The fourth-order valence-corrected chi connectivity index (χ4v) is 1.96. The van der Waals surface area contributed by atoms with Crippen LogP contribution in [0.3, 0.4) is 0 Å². The van der Waals surface area contributed by atoms with E-state index in [0.29, 0.717) is 18.2 Å². The lowest BCUT2D eigenvalue weighted by atomic mass is 10.2. The largest absolute Gasteiger partial charge is 0.497 e. The molecular formula is C15H21N3O2. The molecule has 0 aliphatic carbocycles. The predicted molar refractivity (Wildman–Crippen MR) is 79.0 cm³/mol. The van der Waals surface area contributed by atoms with Crippen molar-refractivity contribution >= 4 is 5.69 Å². The van der Waals surface area contributed by atoms with Gasteiger partial charge >= 0.3 is 0 Å². The molecular weight excluding hydrogens is 254 g/mol. The van der Waals surface area contributed by atoms with Gasteiger partial charge in [0.25, 0.3) is 0 Å². The van der Waals surface area contributed by atoms with Crippen LogP contribution < -0.4 is 15.2 Å². The number of benzene rings is 1. The number of rotatable bonds is 6. The summed E-state index contributed by atoms with van der Waals surface area (Å²) in [6.07, 6.45) is 0.986. The number of nitrogen functional groups attached to an aromatic ring is 1. The molecule has 0 amide bonds. The first-order valence-corrected chi connectivity index (χ1v) is 6.74. The van der Waals surface area contributed by atoms with Gasteiger partial charge in [0.1, 0.15) is 18.0 Å². The lowest BCUT2D eigenvalue weighted by Crippen LogP contribution is -2.06. The van der Waals surface area contributed by atoms with Crippen molar-refractivity contribution in [3.8, 4) is 11.6 Å². The van der Waals surface area contributed by atoms with Crippen LogP contribution in [0.15, 0.2) is 24.3 Å². The van der Waals surface area contributed by atoms with Gasteiger partial charge in [-0.25, -0.2) is 4.68 Å². The zero-order valence-corrected chi connectivity index (χ0v) is 12.2. The second-order valence-corrected chi connectivity index (χ2v) is 4.66. The summed E-state index contributed by atoms with van der Waals surface area (Å²) in [5.74, 6) is 1.49. The first-order chi connectivity index (χ1) is 9.65. The van der Waals surface area contributed by atoms with E-state index in [2.05, 4.69) is 12.0 Å². The number of aryl methyl sites for hydroxylation is 2. The number of nitrogens with two attached hydrogens (primary N) is 1. The number of methoxy groups -OCH3 is 1. The molecule has 0 saturated carbocycles. The summed E-state index contributed by atoms with van der Waals surface area (Å²) in [6.45, 7) is 5.25. The van der Waals surface area contributed by atoms with Crippen molar-refractivity contribution in [1.29, 1.82) is 0 Å². The maximum Gasteiger partial charge on any atom is 0.236 e. The minimum Gasteiger partial charge on any atom is -0.497 e. The molecule has 5 nitrogen and oxygen atoms in total. The highest BCUT2D eigenvalue weighted by Crippen LogP contribution is 2.26. The molecule has 2 rings (SSSR count). The molecule has 0 fully saturated rings. The first-order valence-electron chi connectivity index (χ1n) is 6.74. The topological polar surface area (TPSA) is 62.3 Å². The normalized spacial score (nSPS) is 10.6. The molecule has 0 atom stereocenters. The van der Waals surface area contributed by atoms with Gasteiger partial charge in [0, 0.05) is 6.54 Å². The Hall–Kier alpha value is -2.17. The zero-order chi connectivity index (χ0) is 14.5. The highest BCUT2D eigenvalue weighted by atomic mass is 16.5. The smallest absolute Gasteiger partial charge is 0.236 e. The summed E-state index contributed by atoms with van der Waals surface area (Å²) in [4.78, 5) is 0. The maximum absolute atomic E-state index is 6.02. The quantitative estimate of drug-likeness (QED) is 0.880. The van der Waals surface area contributed by atoms with Crippen LogP contribution in [-0.4, -0.2) is 16.9 Å². The van der Waals surface area contributed by atoms with Gasteiger partial charge in [0.05, 0.1) is 12.8 Å². The molecule has 1 aromatic heterocycles. The molecule has 2 aromatic rings. The maximum atomic E-state index is 6.02. The number of ether oxygens (including phenoxy) is 2. The average Bonchev–Trinajstić information content (AvgIpc) is 2.73. The van der Waals surface area contributed by atoms with E-state index in [1.165, 1.54) is 0 Å². The van der Waals surface area contributed by atoms with Crippen LogP contribution in [-0.2, 0) is 13.2 Å². The second-order valence-electron chi connectivity index (χ2n) is 4.66. The monoisotopic (exact) mass is 275 g/mol. The Kier molecular flexibility index (Phi) is 4.50. The molecule has 108 valence electrons. The Morgan fingerprint density at radius 3 is 2.55 bits per heavy atom. The highest BCUT2D eigenvalue weighted by molar-refractivity contribution is 5.52. The SMILES string of the molecule is CCCn1nc(C)c(N)c1OCc1ccc(OC)cc1. The Bertz CT molecular complexity index is 561. The van der Waals surface area contributed by atoms with Crippen molar-refractivity contribution < 1.29 is 9.47 Å². The summed E-state index contributed by atoms with van der Waals surface area (Å²) >= 11 is 0. The molecule has 20 heavy (non-hydrogen) atoms. The van der Waals surface area contributed by atoms with E-state index in [9.17, 15) is 0 Å². The van der Waals surface area contributed by atoms with Crippen molar-refractivity contribution in [3.63, 3.8) is 0 Å². The molecule has 0 saturated heterocycles. The summed E-state index contributed by atoms with van der Waals surface area (Å²) in [6, 6.07) is 7.78. The van der Waals surface area contributed by atoms with Gasteiger partial charge in [-0.3, -0.25) is 0 Å². The van der Waals surface area contributed by atoms with Gasteiger partial charge in [0.15, 0.2) is 0 Å². The van der Waals surface area contributed by atoms with Gasteiger partial charge in [0.2, 0.25) is 5.88 Å². The van der Waals surface area contributed by atoms with E-state index in [0.717, 1.165) is 30.0 Å². The van der Waals surface area contributed by atoms with Crippen molar-refractivity contribution in [3.05, 3.63) is 35.5 Å². The van der Waals surface area contributed by atoms with E-state index in [1.54, 1.807) is 7.11 Å². The van der Waals surface area contributed by atoms with Crippen LogP contribution in [0.2, 0.25) is 0 Å². The van der Waals surface area contributed by atoms with Crippen molar-refractivity contribution in [2.24, 2.45) is 0 Å². The van der Waals surface area contributed by atoms with Crippen LogP contribution >= 0.6 is 0 Å². The molecule has 0 spiro atoms. The fourth-order valence-electron chi connectivity index (χ4n) is 1.96. The number of anilines is 1. The molecule has 0 unspecified atom stereocenters. The number of nitrogens with zero attached hydrogens (tertiary/aromatic N) is 2. The third-order valence-electron chi connectivity index (χ3n) is 3.10. The van der Waals surface area contributed by atoms with Crippen molar-refractivity contribution in [1.82, 2.24) is 9.78 Å². The summed E-state index contributed by atoms with van der Waals surface area (Å²) in [7, 11) is 1.65. The van der Waals surface area contributed by atoms with Crippen LogP contribution in [0, 0.1) is 6.92 Å². The first kappa shape index (κ1) is 14.2. The molecule has 1 heterocycles. The summed E-state index contributed by atoms with van der Waals surface area (Å²) in [5, 5.41) is 4.39. The second kappa shape index (κ2) is 6.32. The van der Waals surface area contributed by atoms with E-state index >= 15 is 0 Å². The molecule has 1 aromatic carbocycles. The van der Waals surface area contributed by atoms with Gasteiger partial charge in [-0.05, 0) is 31.0 Å². The number of aromatic nitrogens is 2. The predicted octanol–water partition coefficient (Wildman–Crippen LogP) is 2.77. The Balaban J connectivity index is 2.09. The molecule has 0 radical (unpaired) electrons. The van der Waals surface area contributed by atoms with Gasteiger partial charge in [-0.1, -0.05) is 19.1 Å². The number of hydrogen-bond acceptors (Lipinski definition) is 4. The van der Waals surface area contributed by atoms with E-state index in [-0.39, 0.29) is 0 Å². The third-order valence-corrected chi connectivity index (χ3v) is 3.10. The molecule has 2 N–H and O–H groups in total. The van der Waals surface area contributed by atoms with Gasteiger partial charge in [-0.2, -0.15) is 5.10 Å². The van der Waals surface area contributed by atoms with Gasteiger partial charge in [-0.15, -0.1) is 0 Å². The zero-order valence-electron chi connectivity index (χ0n) is 12.2. The molecule has 0 aliphatic heterocycles. The number of hydrogen-bond donors (Lipinski definition) is 1. The minimum absolute atomic E-state index is 0.461. The molecule has 0 bridgehead atoms. The average molecular weight is 275 g/mol.